The van der Waals surface area contributed by atoms with Crippen LogP contribution in [0.1, 0.15) is 213 Å². The second-order valence-electron chi connectivity index (χ2n) is 15.5. The third kappa shape index (κ3) is 40.5. The molecule has 0 radical (unpaired) electrons. The highest BCUT2D eigenvalue weighted by Gasteiger charge is 2.28. The van der Waals surface area contributed by atoms with Crippen LogP contribution in [-0.4, -0.2) is 59.9 Å². The molecule has 0 rings (SSSR count). The average molecular weight is 830 g/mol. The van der Waals surface area contributed by atoms with Crippen molar-refractivity contribution in [2.75, 3.05) is 19.8 Å². The number of hydrogen-bond acceptors (Lipinski definition) is 9. The molecule has 0 aromatic rings. The summed E-state index contributed by atoms with van der Waals surface area (Å²) in [5.74, 6) is -2.38. The minimum Gasteiger partial charge on any atom is -0.480 e. The smallest absolute Gasteiger partial charge is 0.472 e. The van der Waals surface area contributed by atoms with Crippen LogP contribution in [0, 0.1) is 0 Å². The van der Waals surface area contributed by atoms with Gasteiger partial charge in [-0.05, 0) is 64.2 Å². The monoisotopic (exact) mass is 830 g/mol. The van der Waals surface area contributed by atoms with Gasteiger partial charge in [0, 0.05) is 12.8 Å². The zero-order chi connectivity index (χ0) is 42.1. The number of carbonyl (C=O) groups is 3. The van der Waals surface area contributed by atoms with Gasteiger partial charge in [-0.2, -0.15) is 0 Å². The Balaban J connectivity index is 4.32. The number of carboxylic acids is 1. The Morgan fingerprint density at radius 1 is 0.526 bits per heavy atom. The lowest BCUT2D eigenvalue weighted by Crippen LogP contribution is -2.34. The zero-order valence-corrected chi connectivity index (χ0v) is 37.1. The predicted molar refractivity (Wildman–Crippen MR) is 231 cm³/mol. The average Bonchev–Trinajstić information content (AvgIpc) is 3.19. The molecule has 0 saturated carbocycles. The first-order valence-corrected chi connectivity index (χ1v) is 24.4. The first-order chi connectivity index (χ1) is 27.6. The summed E-state index contributed by atoms with van der Waals surface area (Å²) < 4.78 is 32.7. The number of carbonyl (C=O) groups excluding carboxylic acids is 2. The standard InChI is InChI=1S/C45H84NO10P/c1-3-5-7-9-11-13-15-17-19-20-21-22-23-25-27-29-31-33-35-37-44(48)56-41(39-54-57(51,52)55-40-42(46)45(49)50)38-53-43(47)36-34-32-30-28-26-24-18-16-14-12-10-8-6-4-2/h16-19,41-42H,3-15,20-40,46H2,1-2H3,(H,49,50)(H,51,52)/b18-16-,19-17-/t41-,42+/m1/s1. The van der Waals surface area contributed by atoms with Crippen LogP contribution in [0.3, 0.4) is 0 Å². The Hall–Kier alpha value is -2.04. The Kier molecular flexibility index (Phi) is 39.3. The number of unbranched alkanes of at least 4 members (excludes halogenated alkanes) is 25. The van der Waals surface area contributed by atoms with E-state index in [2.05, 4.69) is 42.7 Å². The van der Waals surface area contributed by atoms with Crippen molar-refractivity contribution in [1.82, 2.24) is 0 Å². The summed E-state index contributed by atoms with van der Waals surface area (Å²) in [5, 5.41) is 8.89. The van der Waals surface area contributed by atoms with E-state index in [0.717, 1.165) is 57.8 Å². The van der Waals surface area contributed by atoms with Gasteiger partial charge < -0.3 is 25.2 Å². The summed E-state index contributed by atoms with van der Waals surface area (Å²) in [7, 11) is -4.72. The van der Waals surface area contributed by atoms with E-state index in [0.29, 0.717) is 12.8 Å². The fourth-order valence-electron chi connectivity index (χ4n) is 6.29. The number of phosphoric ester groups is 1. The van der Waals surface area contributed by atoms with Crippen molar-refractivity contribution in [3.8, 4) is 0 Å². The molecule has 11 nitrogen and oxygen atoms in total. The fourth-order valence-corrected chi connectivity index (χ4v) is 7.07. The van der Waals surface area contributed by atoms with Crippen molar-refractivity contribution in [2.45, 2.75) is 225 Å². The van der Waals surface area contributed by atoms with Gasteiger partial charge in [0.05, 0.1) is 13.2 Å². The minimum absolute atomic E-state index is 0.159. The van der Waals surface area contributed by atoms with E-state index in [1.165, 1.54) is 116 Å². The van der Waals surface area contributed by atoms with Gasteiger partial charge in [-0.3, -0.25) is 23.4 Å². The van der Waals surface area contributed by atoms with E-state index < -0.39 is 51.1 Å². The molecule has 0 aliphatic heterocycles. The molecule has 4 N–H and O–H groups in total. The SMILES string of the molecule is CCCCCCC/C=C\CCCCCCCC(=O)OC[C@H](COP(=O)(O)OC[C@H](N)C(=O)O)OC(=O)CCCCCCCCCCC/C=C\CCCCCCCC. The highest BCUT2D eigenvalue weighted by Crippen LogP contribution is 2.43. The number of esters is 2. The predicted octanol–water partition coefficient (Wildman–Crippen LogP) is 12.2. The second kappa shape index (κ2) is 40.7. The van der Waals surface area contributed by atoms with Crippen molar-refractivity contribution in [3.63, 3.8) is 0 Å². The summed E-state index contributed by atoms with van der Waals surface area (Å²) in [6.07, 6.45) is 42.4. The van der Waals surface area contributed by atoms with E-state index >= 15 is 0 Å². The lowest BCUT2D eigenvalue weighted by atomic mass is 10.1. The van der Waals surface area contributed by atoms with Gasteiger partial charge in [-0.15, -0.1) is 0 Å². The Labute approximate surface area is 347 Å². The summed E-state index contributed by atoms with van der Waals surface area (Å²) in [6, 6.07) is -1.52. The maximum Gasteiger partial charge on any atom is 0.472 e. The van der Waals surface area contributed by atoms with Gasteiger partial charge in [-0.25, -0.2) is 4.57 Å². The number of allylic oxidation sites excluding steroid dienone is 4. The molecule has 57 heavy (non-hydrogen) atoms. The van der Waals surface area contributed by atoms with Crippen molar-refractivity contribution in [2.24, 2.45) is 5.73 Å². The van der Waals surface area contributed by atoms with Gasteiger partial charge in [-0.1, -0.05) is 160 Å². The molecule has 0 aliphatic rings. The lowest BCUT2D eigenvalue weighted by Gasteiger charge is -2.20. The zero-order valence-electron chi connectivity index (χ0n) is 36.2. The molecule has 0 aromatic carbocycles. The maximum absolute atomic E-state index is 12.6. The van der Waals surface area contributed by atoms with E-state index in [-0.39, 0.29) is 19.4 Å². The maximum atomic E-state index is 12.6. The molecule has 0 bridgehead atoms. The number of ether oxygens (including phenoxy) is 2. The van der Waals surface area contributed by atoms with Crippen LogP contribution in [-0.2, 0) is 37.5 Å². The minimum atomic E-state index is -4.72. The van der Waals surface area contributed by atoms with Gasteiger partial charge in [0.25, 0.3) is 0 Å². The summed E-state index contributed by atoms with van der Waals surface area (Å²) in [6.45, 7) is 2.80. The van der Waals surface area contributed by atoms with Crippen LogP contribution >= 0.6 is 7.82 Å². The molecule has 0 aromatic heterocycles. The van der Waals surface area contributed by atoms with Crippen LogP contribution in [0.5, 0.6) is 0 Å². The second-order valence-corrected chi connectivity index (χ2v) is 17.0. The Morgan fingerprint density at radius 2 is 0.877 bits per heavy atom. The Morgan fingerprint density at radius 3 is 1.28 bits per heavy atom. The quantitative estimate of drug-likeness (QED) is 0.0231. The third-order valence-electron chi connectivity index (χ3n) is 9.92. The van der Waals surface area contributed by atoms with Crippen LogP contribution in [0.15, 0.2) is 24.3 Å². The molecule has 0 fully saturated rings. The third-order valence-corrected chi connectivity index (χ3v) is 10.9. The van der Waals surface area contributed by atoms with Crippen LogP contribution in [0.4, 0.5) is 0 Å². The number of carboxylic acid groups (broad SMARTS) is 1. The van der Waals surface area contributed by atoms with Gasteiger partial charge >= 0.3 is 25.7 Å². The van der Waals surface area contributed by atoms with Crippen LogP contribution < -0.4 is 5.73 Å². The van der Waals surface area contributed by atoms with E-state index in [4.69, 9.17) is 24.8 Å². The largest absolute Gasteiger partial charge is 0.480 e. The van der Waals surface area contributed by atoms with E-state index in [9.17, 15) is 23.8 Å². The van der Waals surface area contributed by atoms with Crippen molar-refractivity contribution in [3.05, 3.63) is 24.3 Å². The summed E-state index contributed by atoms with van der Waals surface area (Å²) in [5.41, 5.74) is 5.34. The Bertz CT molecular complexity index is 1070. The molecule has 0 amide bonds. The topological polar surface area (TPSA) is 172 Å². The summed E-state index contributed by atoms with van der Waals surface area (Å²) in [4.78, 5) is 46.0. The normalized spacial score (nSPS) is 13.9. The van der Waals surface area contributed by atoms with Crippen LogP contribution in [0.2, 0.25) is 0 Å². The highest BCUT2D eigenvalue weighted by molar-refractivity contribution is 7.47. The lowest BCUT2D eigenvalue weighted by molar-refractivity contribution is -0.161. The fraction of sp³-hybridized carbons (Fsp3) is 0.844. The number of aliphatic carboxylic acids is 1. The molecule has 334 valence electrons. The molecule has 3 atom stereocenters. The molecule has 0 spiro atoms. The first kappa shape index (κ1) is 55.0. The highest BCUT2D eigenvalue weighted by atomic mass is 31.2. The summed E-state index contributed by atoms with van der Waals surface area (Å²) >= 11 is 0. The van der Waals surface area contributed by atoms with Crippen molar-refractivity contribution < 1.29 is 47.5 Å². The van der Waals surface area contributed by atoms with Gasteiger partial charge in [0.2, 0.25) is 0 Å². The van der Waals surface area contributed by atoms with Gasteiger partial charge in [0.1, 0.15) is 12.6 Å². The van der Waals surface area contributed by atoms with Crippen molar-refractivity contribution in [1.29, 1.82) is 0 Å². The number of rotatable bonds is 43. The molecule has 0 saturated heterocycles. The molecule has 0 heterocycles. The van der Waals surface area contributed by atoms with Crippen molar-refractivity contribution >= 4 is 25.7 Å². The number of phosphoric acid groups is 1. The van der Waals surface area contributed by atoms with E-state index in [1.54, 1.807) is 0 Å². The van der Waals surface area contributed by atoms with Gasteiger partial charge in [0.15, 0.2) is 6.10 Å². The first-order valence-electron chi connectivity index (χ1n) is 22.9. The number of hydrogen-bond donors (Lipinski definition) is 3. The molecular weight excluding hydrogens is 745 g/mol. The molecular formula is C45H84NO10P. The van der Waals surface area contributed by atoms with E-state index in [1.807, 2.05) is 0 Å². The number of nitrogens with two attached hydrogens (primary N) is 1. The molecule has 0 aliphatic carbocycles. The van der Waals surface area contributed by atoms with Crippen LogP contribution in [0.25, 0.3) is 0 Å². The molecule has 1 unspecified atom stereocenters. The molecule has 12 heteroatoms.